The van der Waals surface area contributed by atoms with E-state index in [9.17, 15) is 0 Å². The van der Waals surface area contributed by atoms with Crippen LogP contribution in [-0.4, -0.2) is 6.04 Å². The van der Waals surface area contributed by atoms with Gasteiger partial charge in [0, 0.05) is 6.04 Å². The second kappa shape index (κ2) is 7.80. The van der Waals surface area contributed by atoms with Crippen molar-refractivity contribution in [3.63, 3.8) is 0 Å². The largest absolute Gasteiger partial charge is 0.324 e. The SMILES string of the molecule is C=C[C@H](N)CCCCCCC. The van der Waals surface area contributed by atoms with E-state index in [0.29, 0.717) is 0 Å². The zero-order valence-corrected chi connectivity index (χ0v) is 7.68. The van der Waals surface area contributed by atoms with Crippen LogP contribution in [0.4, 0.5) is 0 Å². The summed E-state index contributed by atoms with van der Waals surface area (Å²) < 4.78 is 0. The highest BCUT2D eigenvalue weighted by atomic mass is 14.6. The first-order chi connectivity index (χ1) is 5.31. The van der Waals surface area contributed by atoms with Crippen LogP contribution >= 0.6 is 0 Å². The van der Waals surface area contributed by atoms with E-state index in [1.54, 1.807) is 0 Å². The molecule has 0 aromatic carbocycles. The Hall–Kier alpha value is -0.300. The number of rotatable bonds is 7. The maximum absolute atomic E-state index is 5.67. The van der Waals surface area contributed by atoms with Crippen molar-refractivity contribution in [1.29, 1.82) is 0 Å². The van der Waals surface area contributed by atoms with Crippen LogP contribution < -0.4 is 5.73 Å². The molecular formula is C10H21N. The summed E-state index contributed by atoms with van der Waals surface area (Å²) in [4.78, 5) is 0. The van der Waals surface area contributed by atoms with Gasteiger partial charge in [0.25, 0.3) is 0 Å². The monoisotopic (exact) mass is 155 g/mol. The molecule has 0 heterocycles. The van der Waals surface area contributed by atoms with Gasteiger partial charge in [0.2, 0.25) is 0 Å². The third kappa shape index (κ3) is 7.60. The van der Waals surface area contributed by atoms with Crippen LogP contribution in [0.15, 0.2) is 12.7 Å². The van der Waals surface area contributed by atoms with Crippen LogP contribution in [0, 0.1) is 0 Å². The highest BCUT2D eigenvalue weighted by molar-refractivity contribution is 4.81. The van der Waals surface area contributed by atoms with Crippen molar-refractivity contribution in [2.45, 2.75) is 51.5 Å². The predicted molar refractivity (Wildman–Crippen MR) is 51.5 cm³/mol. The average molecular weight is 155 g/mol. The Morgan fingerprint density at radius 2 is 1.91 bits per heavy atom. The third-order valence-electron chi connectivity index (χ3n) is 1.94. The smallest absolute Gasteiger partial charge is 0.0221 e. The molecule has 0 saturated heterocycles. The van der Waals surface area contributed by atoms with Gasteiger partial charge in [-0.25, -0.2) is 0 Å². The fraction of sp³-hybridized carbons (Fsp3) is 0.800. The number of nitrogens with two attached hydrogens (primary N) is 1. The zero-order valence-electron chi connectivity index (χ0n) is 7.68. The number of unbranched alkanes of at least 4 members (excludes halogenated alkanes) is 4. The second-order valence-electron chi connectivity index (χ2n) is 3.10. The molecule has 0 aliphatic rings. The van der Waals surface area contributed by atoms with Crippen molar-refractivity contribution in [2.24, 2.45) is 5.73 Å². The summed E-state index contributed by atoms with van der Waals surface area (Å²) in [7, 11) is 0. The maximum atomic E-state index is 5.67. The average Bonchev–Trinajstić information content (AvgIpc) is 2.04. The molecule has 11 heavy (non-hydrogen) atoms. The molecule has 0 radical (unpaired) electrons. The van der Waals surface area contributed by atoms with Gasteiger partial charge in [-0.05, 0) is 6.42 Å². The lowest BCUT2D eigenvalue weighted by Gasteiger charge is -2.04. The Labute approximate surface area is 70.7 Å². The van der Waals surface area contributed by atoms with E-state index in [0.717, 1.165) is 6.42 Å². The molecule has 2 N–H and O–H groups in total. The molecule has 0 rings (SSSR count). The number of hydrogen-bond acceptors (Lipinski definition) is 1. The van der Waals surface area contributed by atoms with E-state index in [4.69, 9.17) is 5.73 Å². The Kier molecular flexibility index (Phi) is 7.59. The highest BCUT2D eigenvalue weighted by Gasteiger charge is 1.94. The standard InChI is InChI=1S/C10H21N/c1-3-5-6-7-8-9-10(11)4-2/h4,10H,2-3,5-9,11H2,1H3/t10-/m0/s1. The van der Waals surface area contributed by atoms with Crippen LogP contribution in [0.2, 0.25) is 0 Å². The van der Waals surface area contributed by atoms with E-state index in [1.807, 2.05) is 6.08 Å². The lowest BCUT2D eigenvalue weighted by molar-refractivity contribution is 0.583. The van der Waals surface area contributed by atoms with Crippen LogP contribution in [0.1, 0.15) is 45.4 Å². The molecule has 0 aliphatic carbocycles. The molecule has 0 unspecified atom stereocenters. The molecule has 1 heteroatoms. The molecular weight excluding hydrogens is 134 g/mol. The molecule has 0 amide bonds. The van der Waals surface area contributed by atoms with E-state index in [1.165, 1.54) is 32.1 Å². The van der Waals surface area contributed by atoms with Gasteiger partial charge in [-0.1, -0.05) is 45.1 Å². The van der Waals surface area contributed by atoms with Gasteiger partial charge in [0.1, 0.15) is 0 Å². The minimum Gasteiger partial charge on any atom is -0.324 e. The van der Waals surface area contributed by atoms with Gasteiger partial charge in [-0.3, -0.25) is 0 Å². The van der Waals surface area contributed by atoms with Crippen molar-refractivity contribution >= 4 is 0 Å². The Bertz CT molecular complexity index is 88.9. The summed E-state index contributed by atoms with van der Waals surface area (Å²) in [5.41, 5.74) is 5.67. The van der Waals surface area contributed by atoms with E-state index in [-0.39, 0.29) is 6.04 Å². The Morgan fingerprint density at radius 1 is 1.27 bits per heavy atom. The molecule has 1 atom stereocenters. The molecule has 0 saturated carbocycles. The van der Waals surface area contributed by atoms with Gasteiger partial charge < -0.3 is 5.73 Å². The Balaban J connectivity index is 2.95. The number of hydrogen-bond donors (Lipinski definition) is 1. The van der Waals surface area contributed by atoms with Crippen molar-refractivity contribution in [2.75, 3.05) is 0 Å². The summed E-state index contributed by atoms with van der Waals surface area (Å²) in [5.74, 6) is 0. The first kappa shape index (κ1) is 10.7. The lowest BCUT2D eigenvalue weighted by Crippen LogP contribution is -2.15. The predicted octanol–water partition coefficient (Wildman–Crippen LogP) is 2.86. The fourth-order valence-corrected chi connectivity index (χ4v) is 1.10. The van der Waals surface area contributed by atoms with Crippen LogP contribution in [0.3, 0.4) is 0 Å². The highest BCUT2D eigenvalue weighted by Crippen LogP contribution is 2.06. The molecule has 1 nitrogen and oxygen atoms in total. The summed E-state index contributed by atoms with van der Waals surface area (Å²) in [6.45, 7) is 5.88. The van der Waals surface area contributed by atoms with Crippen LogP contribution in [0.5, 0.6) is 0 Å². The second-order valence-corrected chi connectivity index (χ2v) is 3.10. The molecule has 0 bridgehead atoms. The van der Waals surface area contributed by atoms with Crippen molar-refractivity contribution < 1.29 is 0 Å². The van der Waals surface area contributed by atoms with Crippen molar-refractivity contribution in [3.8, 4) is 0 Å². The van der Waals surface area contributed by atoms with E-state index in [2.05, 4.69) is 13.5 Å². The van der Waals surface area contributed by atoms with Gasteiger partial charge in [0.05, 0.1) is 0 Å². The van der Waals surface area contributed by atoms with Gasteiger partial charge in [-0.15, -0.1) is 6.58 Å². The summed E-state index contributed by atoms with van der Waals surface area (Å²) in [5, 5.41) is 0. The summed E-state index contributed by atoms with van der Waals surface area (Å²) in [6, 6.07) is 0.219. The lowest BCUT2D eigenvalue weighted by atomic mass is 10.1. The molecule has 0 aromatic rings. The maximum Gasteiger partial charge on any atom is 0.0221 e. The van der Waals surface area contributed by atoms with Crippen LogP contribution in [0.25, 0.3) is 0 Å². The van der Waals surface area contributed by atoms with Gasteiger partial charge >= 0.3 is 0 Å². The van der Waals surface area contributed by atoms with Crippen LogP contribution in [-0.2, 0) is 0 Å². The minimum atomic E-state index is 0.219. The minimum absolute atomic E-state index is 0.219. The van der Waals surface area contributed by atoms with E-state index >= 15 is 0 Å². The Morgan fingerprint density at radius 3 is 2.45 bits per heavy atom. The molecule has 0 aliphatic heterocycles. The van der Waals surface area contributed by atoms with Crippen molar-refractivity contribution in [1.82, 2.24) is 0 Å². The quantitative estimate of drug-likeness (QED) is 0.444. The molecule has 66 valence electrons. The van der Waals surface area contributed by atoms with Crippen molar-refractivity contribution in [3.05, 3.63) is 12.7 Å². The topological polar surface area (TPSA) is 26.0 Å². The third-order valence-corrected chi connectivity index (χ3v) is 1.94. The van der Waals surface area contributed by atoms with Gasteiger partial charge in [0.15, 0.2) is 0 Å². The molecule has 0 spiro atoms. The zero-order chi connectivity index (χ0) is 8.53. The first-order valence-electron chi connectivity index (χ1n) is 4.69. The summed E-state index contributed by atoms with van der Waals surface area (Å²) >= 11 is 0. The molecule has 0 aromatic heterocycles. The summed E-state index contributed by atoms with van der Waals surface area (Å²) in [6.07, 6.45) is 9.56. The normalized spacial score (nSPS) is 12.9. The van der Waals surface area contributed by atoms with Gasteiger partial charge in [-0.2, -0.15) is 0 Å². The van der Waals surface area contributed by atoms with E-state index < -0.39 is 0 Å². The first-order valence-corrected chi connectivity index (χ1v) is 4.69. The molecule has 0 fully saturated rings. The fourth-order valence-electron chi connectivity index (χ4n) is 1.10.